The maximum Gasteiger partial charge on any atom is 0.295 e. The van der Waals surface area contributed by atoms with Gasteiger partial charge >= 0.3 is 0 Å². The third-order valence-corrected chi connectivity index (χ3v) is 3.80. The van der Waals surface area contributed by atoms with Crippen LogP contribution >= 0.6 is 0 Å². The molecule has 6 nitrogen and oxygen atoms in total. The van der Waals surface area contributed by atoms with Gasteiger partial charge in [-0.25, -0.2) is 0 Å². The molecule has 0 radical (unpaired) electrons. The van der Waals surface area contributed by atoms with Gasteiger partial charge in [-0.1, -0.05) is 13.0 Å². The summed E-state index contributed by atoms with van der Waals surface area (Å²) in [6, 6.07) is 6.59. The molecule has 3 aromatic rings. The van der Waals surface area contributed by atoms with E-state index in [1.165, 1.54) is 5.56 Å². The van der Waals surface area contributed by atoms with Gasteiger partial charge in [0.15, 0.2) is 5.58 Å². The number of aryl methyl sites for hydroxylation is 2. The van der Waals surface area contributed by atoms with E-state index in [-0.39, 0.29) is 0 Å². The number of anilines is 1. The lowest BCUT2D eigenvalue weighted by Crippen LogP contribution is -2.01. The zero-order valence-corrected chi connectivity index (χ0v) is 13.8. The van der Waals surface area contributed by atoms with Crippen LogP contribution in [-0.2, 0) is 31.2 Å². The van der Waals surface area contributed by atoms with Crippen molar-refractivity contribution in [1.29, 1.82) is 0 Å². The monoisotopic (exact) mass is 314 g/mol. The summed E-state index contributed by atoms with van der Waals surface area (Å²) < 4.78 is 12.7. The van der Waals surface area contributed by atoms with Crippen LogP contribution in [0.15, 0.2) is 28.8 Å². The van der Waals surface area contributed by atoms with Gasteiger partial charge in [-0.05, 0) is 30.5 Å². The molecule has 0 bridgehead atoms. The maximum atomic E-state index is 5.75. The number of hydrogen-bond donors (Lipinski definition) is 1. The van der Waals surface area contributed by atoms with E-state index in [0.717, 1.165) is 35.2 Å². The van der Waals surface area contributed by atoms with Crippen molar-refractivity contribution in [3.05, 3.63) is 41.2 Å². The SMILES string of the molecule is CCc1nn(C)cc1CNc1nc2cc(CCOC)ccc2o1. The minimum Gasteiger partial charge on any atom is -0.424 e. The average Bonchev–Trinajstić information content (AvgIpc) is 3.12. The predicted octanol–water partition coefficient (Wildman–Crippen LogP) is 2.92. The minimum absolute atomic E-state index is 0.537. The molecule has 23 heavy (non-hydrogen) atoms. The molecule has 0 aliphatic heterocycles. The van der Waals surface area contributed by atoms with Gasteiger partial charge in [0.1, 0.15) is 5.52 Å². The van der Waals surface area contributed by atoms with Crippen molar-refractivity contribution in [2.45, 2.75) is 26.3 Å². The fourth-order valence-electron chi connectivity index (χ4n) is 2.62. The molecule has 0 aliphatic carbocycles. The van der Waals surface area contributed by atoms with E-state index in [2.05, 4.69) is 22.3 Å². The second-order valence-electron chi connectivity index (χ2n) is 5.55. The number of nitrogens with one attached hydrogen (secondary N) is 1. The molecule has 0 saturated heterocycles. The Hall–Kier alpha value is -2.34. The molecule has 0 aliphatic rings. The van der Waals surface area contributed by atoms with Crippen LogP contribution < -0.4 is 5.32 Å². The quantitative estimate of drug-likeness (QED) is 0.726. The standard InChI is InChI=1S/C17H22N4O2/c1-4-14-13(11-21(2)20-14)10-18-17-19-15-9-12(7-8-22-3)5-6-16(15)23-17/h5-6,9,11H,4,7-8,10H2,1-3H3,(H,18,19). The number of rotatable bonds is 7. The summed E-state index contributed by atoms with van der Waals surface area (Å²) in [6.45, 7) is 3.46. The number of aromatic nitrogens is 3. The molecule has 0 spiro atoms. The number of nitrogens with zero attached hydrogens (tertiary/aromatic N) is 3. The molecular formula is C17H22N4O2. The van der Waals surface area contributed by atoms with Crippen molar-refractivity contribution in [2.24, 2.45) is 7.05 Å². The highest BCUT2D eigenvalue weighted by molar-refractivity contribution is 5.75. The fraction of sp³-hybridized carbons (Fsp3) is 0.412. The maximum absolute atomic E-state index is 5.75. The van der Waals surface area contributed by atoms with E-state index < -0.39 is 0 Å². The van der Waals surface area contributed by atoms with Crippen LogP contribution in [0.5, 0.6) is 0 Å². The first-order valence-electron chi connectivity index (χ1n) is 7.83. The Labute approximate surface area is 135 Å². The number of hydrogen-bond acceptors (Lipinski definition) is 5. The highest BCUT2D eigenvalue weighted by atomic mass is 16.5. The van der Waals surface area contributed by atoms with Gasteiger partial charge in [0, 0.05) is 32.5 Å². The Morgan fingerprint density at radius 3 is 3.00 bits per heavy atom. The van der Waals surface area contributed by atoms with Crippen molar-refractivity contribution in [1.82, 2.24) is 14.8 Å². The van der Waals surface area contributed by atoms with Gasteiger partial charge in [-0.3, -0.25) is 4.68 Å². The summed E-state index contributed by atoms with van der Waals surface area (Å²) in [4.78, 5) is 4.51. The lowest BCUT2D eigenvalue weighted by Gasteiger charge is -2.00. The molecule has 0 fully saturated rings. The van der Waals surface area contributed by atoms with Crippen LogP contribution in [0.3, 0.4) is 0 Å². The van der Waals surface area contributed by atoms with Crippen molar-refractivity contribution in [3.8, 4) is 0 Å². The number of fused-ring (bicyclic) bond motifs is 1. The van der Waals surface area contributed by atoms with E-state index >= 15 is 0 Å². The molecule has 2 heterocycles. The molecule has 0 amide bonds. The summed E-state index contributed by atoms with van der Waals surface area (Å²) in [5.41, 5.74) is 5.11. The molecule has 122 valence electrons. The number of ether oxygens (including phenoxy) is 1. The third kappa shape index (κ3) is 3.53. The predicted molar refractivity (Wildman–Crippen MR) is 89.5 cm³/mol. The Balaban J connectivity index is 1.72. The van der Waals surface area contributed by atoms with Gasteiger partial charge in [0.2, 0.25) is 0 Å². The molecule has 0 atom stereocenters. The molecule has 1 N–H and O–H groups in total. The number of methoxy groups -OCH3 is 1. The van der Waals surface area contributed by atoms with Crippen molar-refractivity contribution in [2.75, 3.05) is 19.0 Å². The zero-order valence-electron chi connectivity index (χ0n) is 13.8. The summed E-state index contributed by atoms with van der Waals surface area (Å²) in [5, 5.41) is 7.68. The summed E-state index contributed by atoms with van der Waals surface area (Å²) in [6.07, 6.45) is 3.81. The van der Waals surface area contributed by atoms with E-state index in [4.69, 9.17) is 9.15 Å². The average molecular weight is 314 g/mol. The topological polar surface area (TPSA) is 65.1 Å². The van der Waals surface area contributed by atoms with Crippen LogP contribution in [0.4, 0.5) is 6.01 Å². The van der Waals surface area contributed by atoms with Crippen molar-refractivity contribution in [3.63, 3.8) is 0 Å². The normalized spacial score (nSPS) is 11.3. The molecule has 2 aromatic heterocycles. The van der Waals surface area contributed by atoms with Crippen LogP contribution in [-0.4, -0.2) is 28.5 Å². The summed E-state index contributed by atoms with van der Waals surface area (Å²) in [5.74, 6) is 0. The van der Waals surface area contributed by atoms with Gasteiger partial charge < -0.3 is 14.5 Å². The van der Waals surface area contributed by atoms with Crippen molar-refractivity contribution < 1.29 is 9.15 Å². The number of benzene rings is 1. The second-order valence-corrected chi connectivity index (χ2v) is 5.55. The Morgan fingerprint density at radius 2 is 2.22 bits per heavy atom. The second kappa shape index (κ2) is 6.83. The third-order valence-electron chi connectivity index (χ3n) is 3.80. The molecule has 1 aromatic carbocycles. The summed E-state index contributed by atoms with van der Waals surface area (Å²) >= 11 is 0. The fourth-order valence-corrected chi connectivity index (χ4v) is 2.62. The smallest absolute Gasteiger partial charge is 0.295 e. The Kier molecular flexibility index (Phi) is 4.62. The van der Waals surface area contributed by atoms with E-state index in [1.807, 2.05) is 36.1 Å². The molecule has 0 unspecified atom stereocenters. The van der Waals surface area contributed by atoms with E-state index in [1.54, 1.807) is 7.11 Å². The molecule has 0 saturated carbocycles. The van der Waals surface area contributed by atoms with Gasteiger partial charge in [-0.2, -0.15) is 10.1 Å². The van der Waals surface area contributed by atoms with Gasteiger partial charge in [-0.15, -0.1) is 0 Å². The van der Waals surface area contributed by atoms with Crippen LogP contribution in [0.1, 0.15) is 23.7 Å². The minimum atomic E-state index is 0.537. The van der Waals surface area contributed by atoms with Crippen molar-refractivity contribution >= 4 is 17.1 Å². The first-order chi connectivity index (χ1) is 11.2. The van der Waals surface area contributed by atoms with Crippen LogP contribution in [0, 0.1) is 0 Å². The molecule has 3 rings (SSSR count). The van der Waals surface area contributed by atoms with Gasteiger partial charge in [0.05, 0.1) is 12.3 Å². The first-order valence-corrected chi connectivity index (χ1v) is 7.83. The van der Waals surface area contributed by atoms with E-state index in [9.17, 15) is 0 Å². The van der Waals surface area contributed by atoms with Gasteiger partial charge in [0.25, 0.3) is 6.01 Å². The van der Waals surface area contributed by atoms with Crippen LogP contribution in [0.2, 0.25) is 0 Å². The lowest BCUT2D eigenvalue weighted by atomic mass is 10.1. The lowest BCUT2D eigenvalue weighted by molar-refractivity contribution is 0.202. The zero-order chi connectivity index (χ0) is 16.2. The van der Waals surface area contributed by atoms with E-state index in [0.29, 0.717) is 19.2 Å². The number of oxazole rings is 1. The Bertz CT molecular complexity index is 791. The summed E-state index contributed by atoms with van der Waals surface area (Å²) in [7, 11) is 3.64. The largest absolute Gasteiger partial charge is 0.424 e. The Morgan fingerprint density at radius 1 is 1.35 bits per heavy atom. The highest BCUT2D eigenvalue weighted by Gasteiger charge is 2.09. The highest BCUT2D eigenvalue weighted by Crippen LogP contribution is 2.21. The first kappa shape index (κ1) is 15.6. The molecule has 6 heteroatoms. The van der Waals surface area contributed by atoms with Crippen LogP contribution in [0.25, 0.3) is 11.1 Å². The molecular weight excluding hydrogens is 292 g/mol.